The summed E-state index contributed by atoms with van der Waals surface area (Å²) in [5.41, 5.74) is 7.49. The SMILES string of the molecule is COc1ccc(CCC[N@@+]2(C)CCC[C@H](N)C2)cc1.Cl.[Cl-]. The fourth-order valence-electron chi connectivity index (χ4n) is 3.14. The quantitative estimate of drug-likeness (QED) is 0.745. The van der Waals surface area contributed by atoms with E-state index in [1.807, 2.05) is 12.1 Å². The summed E-state index contributed by atoms with van der Waals surface area (Å²) in [4.78, 5) is 0. The minimum absolute atomic E-state index is 0. The molecule has 0 bridgehead atoms. The first kappa shape index (κ1) is 20.5. The number of likely N-dealkylation sites (tertiary alicyclic amines) is 1. The number of benzene rings is 1. The molecule has 0 aliphatic carbocycles. The van der Waals surface area contributed by atoms with Gasteiger partial charge in [-0.15, -0.1) is 12.4 Å². The van der Waals surface area contributed by atoms with E-state index in [4.69, 9.17) is 10.5 Å². The number of hydrogen-bond acceptors (Lipinski definition) is 2. The normalized spacial score (nSPS) is 24.6. The number of piperidine rings is 1. The van der Waals surface area contributed by atoms with Gasteiger partial charge in [0.2, 0.25) is 0 Å². The summed E-state index contributed by atoms with van der Waals surface area (Å²) in [6.07, 6.45) is 4.86. The van der Waals surface area contributed by atoms with Crippen LogP contribution in [0.15, 0.2) is 24.3 Å². The van der Waals surface area contributed by atoms with Crippen LogP contribution in [0.3, 0.4) is 0 Å². The third-order valence-electron chi connectivity index (χ3n) is 4.27. The summed E-state index contributed by atoms with van der Waals surface area (Å²) < 4.78 is 6.33. The molecule has 0 unspecified atom stereocenters. The zero-order valence-corrected chi connectivity index (χ0v) is 14.6. The lowest BCUT2D eigenvalue weighted by atomic mass is 10.0. The van der Waals surface area contributed by atoms with Gasteiger partial charge in [-0.1, -0.05) is 12.1 Å². The third kappa shape index (κ3) is 6.43. The van der Waals surface area contributed by atoms with E-state index in [1.165, 1.54) is 37.9 Å². The van der Waals surface area contributed by atoms with Crippen molar-refractivity contribution in [2.24, 2.45) is 5.73 Å². The molecular formula is C16H28Cl2N2O. The Hall–Kier alpha value is -0.480. The number of likely N-dealkylation sites (N-methyl/N-ethyl adjacent to an activating group) is 1. The Bertz CT molecular complexity index is 400. The molecule has 3 nitrogen and oxygen atoms in total. The van der Waals surface area contributed by atoms with Crippen LogP contribution in [0, 0.1) is 0 Å². The Morgan fingerprint density at radius 1 is 1.29 bits per heavy atom. The molecule has 1 aliphatic heterocycles. The van der Waals surface area contributed by atoms with E-state index in [0.29, 0.717) is 6.04 Å². The van der Waals surface area contributed by atoms with Crippen molar-refractivity contribution in [3.63, 3.8) is 0 Å². The lowest BCUT2D eigenvalue weighted by molar-refractivity contribution is -0.914. The van der Waals surface area contributed by atoms with Gasteiger partial charge in [-0.05, 0) is 37.0 Å². The summed E-state index contributed by atoms with van der Waals surface area (Å²) in [7, 11) is 4.06. The van der Waals surface area contributed by atoms with E-state index in [0.717, 1.165) is 23.2 Å². The van der Waals surface area contributed by atoms with E-state index < -0.39 is 0 Å². The van der Waals surface area contributed by atoms with E-state index in [2.05, 4.69) is 19.2 Å². The van der Waals surface area contributed by atoms with Crippen molar-refractivity contribution < 1.29 is 21.6 Å². The van der Waals surface area contributed by atoms with Gasteiger partial charge in [0.05, 0.1) is 39.8 Å². The number of nitrogens with zero attached hydrogens (tertiary/aromatic N) is 1. The van der Waals surface area contributed by atoms with Crippen molar-refractivity contribution in [1.82, 2.24) is 0 Å². The Labute approximate surface area is 141 Å². The molecule has 1 saturated heterocycles. The van der Waals surface area contributed by atoms with Crippen LogP contribution in [-0.2, 0) is 6.42 Å². The number of ether oxygens (including phenoxy) is 1. The lowest BCUT2D eigenvalue weighted by Gasteiger charge is -2.40. The van der Waals surface area contributed by atoms with Crippen LogP contribution in [0.5, 0.6) is 5.75 Å². The Kier molecular flexibility index (Phi) is 9.30. The standard InChI is InChI=1S/C16H27N2O.2ClH/c1-18(12-4-6-15(17)13-18)11-3-5-14-7-9-16(19-2)10-8-14;;/h7-10,15H,3-6,11-13,17H2,1-2H3;2*1H/q+1;;/p-1/t15-,18-;;/m0../s1. The van der Waals surface area contributed by atoms with Gasteiger partial charge < -0.3 is 27.4 Å². The first-order valence-electron chi connectivity index (χ1n) is 7.33. The maximum Gasteiger partial charge on any atom is 0.118 e. The zero-order valence-electron chi connectivity index (χ0n) is 13.1. The maximum atomic E-state index is 6.10. The molecule has 0 saturated carbocycles. The number of rotatable bonds is 5. The molecule has 1 aromatic carbocycles. The van der Waals surface area contributed by atoms with Gasteiger partial charge >= 0.3 is 0 Å². The number of aryl methyl sites for hydroxylation is 1. The number of nitrogens with two attached hydrogens (primary N) is 1. The highest BCUT2D eigenvalue weighted by Crippen LogP contribution is 2.18. The van der Waals surface area contributed by atoms with Gasteiger partial charge in [-0.25, -0.2) is 0 Å². The Morgan fingerprint density at radius 2 is 1.95 bits per heavy atom. The molecule has 2 rings (SSSR count). The monoisotopic (exact) mass is 334 g/mol. The molecule has 0 aromatic heterocycles. The molecule has 0 spiro atoms. The highest BCUT2D eigenvalue weighted by molar-refractivity contribution is 5.85. The molecule has 21 heavy (non-hydrogen) atoms. The second-order valence-corrected chi connectivity index (χ2v) is 6.10. The summed E-state index contributed by atoms with van der Waals surface area (Å²) in [6.45, 7) is 3.67. The second kappa shape index (κ2) is 9.52. The summed E-state index contributed by atoms with van der Waals surface area (Å²) >= 11 is 0. The van der Waals surface area contributed by atoms with Gasteiger partial charge in [-0.2, -0.15) is 0 Å². The van der Waals surface area contributed by atoms with Crippen molar-refractivity contribution >= 4 is 12.4 Å². The molecule has 0 radical (unpaired) electrons. The fraction of sp³-hybridized carbons (Fsp3) is 0.625. The van der Waals surface area contributed by atoms with E-state index >= 15 is 0 Å². The summed E-state index contributed by atoms with van der Waals surface area (Å²) in [5, 5.41) is 0. The van der Waals surface area contributed by atoms with Gasteiger partial charge in [0, 0.05) is 6.42 Å². The zero-order chi connectivity index (χ0) is 13.7. The summed E-state index contributed by atoms with van der Waals surface area (Å²) in [6, 6.07) is 8.83. The molecule has 122 valence electrons. The molecule has 1 aliphatic rings. The third-order valence-corrected chi connectivity index (χ3v) is 4.27. The van der Waals surface area contributed by atoms with E-state index in [1.54, 1.807) is 7.11 Å². The number of halogens is 2. The molecule has 1 aromatic rings. The minimum atomic E-state index is 0. The molecule has 0 amide bonds. The average Bonchev–Trinajstić information content (AvgIpc) is 2.39. The molecular weight excluding hydrogens is 307 g/mol. The maximum absolute atomic E-state index is 6.10. The van der Waals surface area contributed by atoms with Gasteiger partial charge in [-0.3, -0.25) is 0 Å². The van der Waals surface area contributed by atoms with Crippen LogP contribution in [0.1, 0.15) is 24.8 Å². The molecule has 1 fully saturated rings. The smallest absolute Gasteiger partial charge is 0.118 e. The van der Waals surface area contributed by atoms with Crippen LogP contribution < -0.4 is 22.9 Å². The number of quaternary nitrogens is 1. The molecule has 5 heteroatoms. The van der Waals surface area contributed by atoms with Gasteiger partial charge in [0.15, 0.2) is 0 Å². The van der Waals surface area contributed by atoms with Crippen LogP contribution in [0.2, 0.25) is 0 Å². The molecule has 2 atom stereocenters. The van der Waals surface area contributed by atoms with Crippen LogP contribution >= 0.6 is 12.4 Å². The van der Waals surface area contributed by atoms with Crippen LogP contribution in [0.25, 0.3) is 0 Å². The predicted octanol–water partition coefficient (Wildman–Crippen LogP) is -0.379. The average molecular weight is 335 g/mol. The van der Waals surface area contributed by atoms with Crippen LogP contribution in [0.4, 0.5) is 0 Å². The predicted molar refractivity (Wildman–Crippen MR) is 86.6 cm³/mol. The largest absolute Gasteiger partial charge is 1.00 e. The lowest BCUT2D eigenvalue weighted by Crippen LogP contribution is -3.00. The first-order chi connectivity index (χ1) is 9.11. The highest BCUT2D eigenvalue weighted by Gasteiger charge is 2.28. The topological polar surface area (TPSA) is 35.2 Å². The van der Waals surface area contributed by atoms with Crippen molar-refractivity contribution in [3.05, 3.63) is 29.8 Å². The second-order valence-electron chi connectivity index (χ2n) is 6.10. The number of hydrogen-bond donors (Lipinski definition) is 1. The van der Waals surface area contributed by atoms with Crippen molar-refractivity contribution in [3.8, 4) is 5.75 Å². The minimum Gasteiger partial charge on any atom is -1.00 e. The Morgan fingerprint density at radius 3 is 2.52 bits per heavy atom. The fourth-order valence-corrected chi connectivity index (χ4v) is 3.14. The Balaban J connectivity index is 0.00000200. The van der Waals surface area contributed by atoms with E-state index in [9.17, 15) is 0 Å². The van der Waals surface area contributed by atoms with Gasteiger partial charge in [0.1, 0.15) is 5.75 Å². The van der Waals surface area contributed by atoms with Crippen molar-refractivity contribution in [1.29, 1.82) is 0 Å². The highest BCUT2D eigenvalue weighted by atomic mass is 35.5. The first-order valence-corrected chi connectivity index (χ1v) is 7.33. The van der Waals surface area contributed by atoms with Gasteiger partial charge in [0.25, 0.3) is 0 Å². The van der Waals surface area contributed by atoms with Crippen molar-refractivity contribution in [2.45, 2.75) is 31.7 Å². The van der Waals surface area contributed by atoms with Crippen molar-refractivity contribution in [2.75, 3.05) is 33.8 Å². The molecule has 1 heterocycles. The van der Waals surface area contributed by atoms with Crippen LogP contribution in [-0.4, -0.2) is 44.3 Å². The van der Waals surface area contributed by atoms with E-state index in [-0.39, 0.29) is 24.8 Å². The molecule has 2 N–H and O–H groups in total. The summed E-state index contributed by atoms with van der Waals surface area (Å²) in [5.74, 6) is 0.935. The number of methoxy groups -OCH3 is 1.